The van der Waals surface area contributed by atoms with Crippen LogP contribution in [-0.2, 0) is 6.54 Å². The highest BCUT2D eigenvalue weighted by Gasteiger charge is 2.01. The summed E-state index contributed by atoms with van der Waals surface area (Å²) in [5.41, 5.74) is 0.923. The second-order valence-electron chi connectivity index (χ2n) is 3.77. The number of halogens is 1. The molecule has 0 amide bonds. The van der Waals surface area contributed by atoms with Crippen molar-refractivity contribution in [3.63, 3.8) is 0 Å². The molecule has 0 aliphatic carbocycles. The molecule has 0 radical (unpaired) electrons. The molecule has 0 fully saturated rings. The first kappa shape index (κ1) is 14.3. The van der Waals surface area contributed by atoms with Crippen LogP contribution < -0.4 is 10.1 Å². The van der Waals surface area contributed by atoms with Crippen LogP contribution in [0.5, 0.6) is 5.75 Å². The fourth-order valence-electron chi connectivity index (χ4n) is 1.47. The van der Waals surface area contributed by atoms with E-state index in [4.69, 9.17) is 4.74 Å². The summed E-state index contributed by atoms with van der Waals surface area (Å²) < 4.78 is 18.8. The zero-order valence-corrected chi connectivity index (χ0v) is 11.3. The van der Waals surface area contributed by atoms with Gasteiger partial charge in [-0.3, -0.25) is 0 Å². The molecule has 0 aliphatic heterocycles. The lowest BCUT2D eigenvalue weighted by molar-refractivity contribution is 0.316. The van der Waals surface area contributed by atoms with E-state index in [2.05, 4.69) is 11.6 Å². The minimum Gasteiger partial charge on any atom is -0.493 e. The Balaban J connectivity index is 2.50. The third-order valence-corrected chi connectivity index (χ3v) is 2.97. The van der Waals surface area contributed by atoms with E-state index in [0.717, 1.165) is 24.3 Å². The van der Waals surface area contributed by atoms with Crippen molar-refractivity contribution in [3.8, 4) is 5.75 Å². The maximum Gasteiger partial charge on any atom is 0.127 e. The Bertz CT molecular complexity index is 333. The van der Waals surface area contributed by atoms with Gasteiger partial charge in [0.05, 0.1) is 6.61 Å². The standard InChI is InChI=1S/C13H20FNOS/c1-3-15-10-11-7-12(14)9-13(8-11)16-5-4-6-17-2/h7-9,15H,3-6,10H2,1-2H3. The normalized spacial score (nSPS) is 10.5. The second kappa shape index (κ2) is 8.37. The highest BCUT2D eigenvalue weighted by Crippen LogP contribution is 2.16. The van der Waals surface area contributed by atoms with Crippen LogP contribution in [0.15, 0.2) is 18.2 Å². The van der Waals surface area contributed by atoms with Gasteiger partial charge in [-0.1, -0.05) is 6.92 Å². The highest BCUT2D eigenvalue weighted by molar-refractivity contribution is 7.98. The largest absolute Gasteiger partial charge is 0.493 e. The van der Waals surface area contributed by atoms with E-state index in [1.54, 1.807) is 11.8 Å². The van der Waals surface area contributed by atoms with Crippen LogP contribution in [0.2, 0.25) is 0 Å². The van der Waals surface area contributed by atoms with Gasteiger partial charge in [0.15, 0.2) is 0 Å². The molecule has 17 heavy (non-hydrogen) atoms. The van der Waals surface area contributed by atoms with E-state index in [1.165, 1.54) is 12.1 Å². The van der Waals surface area contributed by atoms with Crippen molar-refractivity contribution in [1.29, 1.82) is 0 Å². The fourth-order valence-corrected chi connectivity index (χ4v) is 1.88. The summed E-state index contributed by atoms with van der Waals surface area (Å²) in [5.74, 6) is 1.46. The van der Waals surface area contributed by atoms with Crippen LogP contribution in [0.25, 0.3) is 0 Å². The summed E-state index contributed by atoms with van der Waals surface area (Å²) >= 11 is 1.79. The van der Waals surface area contributed by atoms with Gasteiger partial charge in [0.2, 0.25) is 0 Å². The maximum absolute atomic E-state index is 13.3. The van der Waals surface area contributed by atoms with Crippen molar-refractivity contribution in [1.82, 2.24) is 5.32 Å². The van der Waals surface area contributed by atoms with Crippen molar-refractivity contribution >= 4 is 11.8 Å². The first-order valence-electron chi connectivity index (χ1n) is 5.88. The molecule has 0 spiro atoms. The van der Waals surface area contributed by atoms with E-state index >= 15 is 0 Å². The smallest absolute Gasteiger partial charge is 0.127 e. The average Bonchev–Trinajstić information content (AvgIpc) is 2.31. The van der Waals surface area contributed by atoms with Crippen LogP contribution in [0.1, 0.15) is 18.9 Å². The number of hydrogen-bond donors (Lipinski definition) is 1. The SMILES string of the molecule is CCNCc1cc(F)cc(OCCCSC)c1. The number of ether oxygens (including phenoxy) is 1. The lowest BCUT2D eigenvalue weighted by Crippen LogP contribution is -2.12. The molecule has 96 valence electrons. The van der Waals surface area contributed by atoms with Gasteiger partial charge < -0.3 is 10.1 Å². The fraction of sp³-hybridized carbons (Fsp3) is 0.538. The Morgan fingerprint density at radius 1 is 1.35 bits per heavy atom. The van der Waals surface area contributed by atoms with E-state index in [-0.39, 0.29) is 5.82 Å². The van der Waals surface area contributed by atoms with Crippen molar-refractivity contribution in [3.05, 3.63) is 29.6 Å². The summed E-state index contributed by atoms with van der Waals surface area (Å²) in [6.45, 7) is 4.22. The van der Waals surface area contributed by atoms with Crippen LogP contribution >= 0.6 is 11.8 Å². The molecule has 0 aliphatic rings. The van der Waals surface area contributed by atoms with Crippen molar-refractivity contribution in [2.45, 2.75) is 19.9 Å². The molecule has 0 aromatic heterocycles. The number of benzene rings is 1. The lowest BCUT2D eigenvalue weighted by Gasteiger charge is -2.08. The van der Waals surface area contributed by atoms with Gasteiger partial charge >= 0.3 is 0 Å². The van der Waals surface area contributed by atoms with Crippen molar-refractivity contribution < 1.29 is 9.13 Å². The lowest BCUT2D eigenvalue weighted by atomic mass is 10.2. The predicted octanol–water partition coefficient (Wildman–Crippen LogP) is 3.07. The Morgan fingerprint density at radius 2 is 2.18 bits per heavy atom. The van der Waals surface area contributed by atoms with Gasteiger partial charge in [-0.2, -0.15) is 11.8 Å². The van der Waals surface area contributed by atoms with Gasteiger partial charge in [0.25, 0.3) is 0 Å². The first-order valence-corrected chi connectivity index (χ1v) is 7.27. The monoisotopic (exact) mass is 257 g/mol. The molecule has 0 saturated heterocycles. The van der Waals surface area contributed by atoms with E-state index < -0.39 is 0 Å². The summed E-state index contributed by atoms with van der Waals surface area (Å²) in [5, 5.41) is 3.17. The Hall–Kier alpha value is -0.740. The molecular weight excluding hydrogens is 237 g/mol. The summed E-state index contributed by atoms with van der Waals surface area (Å²) in [6, 6.07) is 4.87. The molecule has 0 saturated carbocycles. The molecule has 0 unspecified atom stereocenters. The molecular formula is C13H20FNOS. The van der Waals surface area contributed by atoms with Crippen LogP contribution in [-0.4, -0.2) is 25.2 Å². The topological polar surface area (TPSA) is 21.3 Å². The van der Waals surface area contributed by atoms with Crippen LogP contribution in [0.4, 0.5) is 4.39 Å². The van der Waals surface area contributed by atoms with Gasteiger partial charge in [-0.05, 0) is 42.7 Å². The van der Waals surface area contributed by atoms with Gasteiger partial charge in [-0.25, -0.2) is 4.39 Å². The third-order valence-electron chi connectivity index (χ3n) is 2.27. The predicted molar refractivity (Wildman–Crippen MR) is 72.3 cm³/mol. The highest BCUT2D eigenvalue weighted by atomic mass is 32.2. The molecule has 0 atom stereocenters. The molecule has 2 nitrogen and oxygen atoms in total. The molecule has 1 aromatic carbocycles. The number of hydrogen-bond acceptors (Lipinski definition) is 3. The summed E-state index contributed by atoms with van der Waals surface area (Å²) in [7, 11) is 0. The van der Waals surface area contributed by atoms with Crippen molar-refractivity contribution in [2.24, 2.45) is 0 Å². The van der Waals surface area contributed by atoms with E-state index in [9.17, 15) is 4.39 Å². The minimum absolute atomic E-state index is 0.236. The third kappa shape index (κ3) is 5.94. The first-order chi connectivity index (χ1) is 8.26. The second-order valence-corrected chi connectivity index (χ2v) is 4.76. The average molecular weight is 257 g/mol. The van der Waals surface area contributed by atoms with Gasteiger partial charge in [-0.15, -0.1) is 0 Å². The molecule has 1 aromatic rings. The minimum atomic E-state index is -0.236. The quantitative estimate of drug-likeness (QED) is 0.723. The zero-order valence-electron chi connectivity index (χ0n) is 10.5. The Kier molecular flexibility index (Phi) is 7.05. The zero-order chi connectivity index (χ0) is 12.5. The number of nitrogens with one attached hydrogen (secondary N) is 1. The Labute approximate surface area is 107 Å². The van der Waals surface area contributed by atoms with E-state index in [0.29, 0.717) is 18.9 Å². The summed E-state index contributed by atoms with van der Waals surface area (Å²) in [4.78, 5) is 0. The van der Waals surface area contributed by atoms with Crippen molar-refractivity contribution in [2.75, 3.05) is 25.2 Å². The number of thioether (sulfide) groups is 1. The van der Waals surface area contributed by atoms with Crippen LogP contribution in [0.3, 0.4) is 0 Å². The molecule has 0 bridgehead atoms. The maximum atomic E-state index is 13.3. The molecule has 4 heteroatoms. The van der Waals surface area contributed by atoms with Gasteiger partial charge in [0, 0.05) is 12.6 Å². The van der Waals surface area contributed by atoms with Gasteiger partial charge in [0.1, 0.15) is 11.6 Å². The van der Waals surface area contributed by atoms with E-state index in [1.807, 2.05) is 13.0 Å². The van der Waals surface area contributed by atoms with Crippen LogP contribution in [0, 0.1) is 5.82 Å². The molecule has 1 rings (SSSR count). The number of rotatable bonds is 8. The molecule has 0 heterocycles. The summed E-state index contributed by atoms with van der Waals surface area (Å²) in [6.07, 6.45) is 3.05. The Morgan fingerprint density at radius 3 is 2.88 bits per heavy atom. The molecule has 1 N–H and O–H groups in total.